The van der Waals surface area contributed by atoms with Crippen LogP contribution in [0.1, 0.15) is 24.8 Å². The predicted molar refractivity (Wildman–Crippen MR) is 81.0 cm³/mol. The second-order valence-electron chi connectivity index (χ2n) is 4.98. The van der Waals surface area contributed by atoms with E-state index in [0.717, 1.165) is 18.4 Å². The van der Waals surface area contributed by atoms with E-state index in [4.69, 9.17) is 5.73 Å². The van der Waals surface area contributed by atoms with E-state index in [-0.39, 0.29) is 24.1 Å². The molecular weight excluding hydrogens is 288 g/mol. The highest BCUT2D eigenvalue weighted by atomic mass is 32.2. The molecule has 2 rings (SSSR count). The molecule has 0 spiro atoms. The molecule has 1 fully saturated rings. The van der Waals surface area contributed by atoms with Crippen LogP contribution in [0.4, 0.5) is 0 Å². The molecule has 1 aromatic carbocycles. The summed E-state index contributed by atoms with van der Waals surface area (Å²) < 4.78 is 26.7. The number of aliphatic hydroxyl groups is 1. The zero-order valence-electron chi connectivity index (χ0n) is 11.8. The number of aliphatic hydroxyl groups excluding tert-OH is 1. The van der Waals surface area contributed by atoms with E-state index >= 15 is 0 Å². The Hall–Kier alpha value is -1.39. The molecule has 1 aliphatic rings. The minimum atomic E-state index is -3.56. The minimum Gasteiger partial charge on any atom is -0.395 e. The van der Waals surface area contributed by atoms with Crippen LogP contribution < -0.4 is 5.73 Å². The summed E-state index contributed by atoms with van der Waals surface area (Å²) >= 11 is 0. The zero-order valence-corrected chi connectivity index (χ0v) is 12.6. The number of benzene rings is 1. The molecule has 0 bridgehead atoms. The molecule has 0 radical (unpaired) electrons. The quantitative estimate of drug-likeness (QED) is 0.798. The second-order valence-corrected chi connectivity index (χ2v) is 6.87. The number of nitrogens with two attached hydrogens (primary N) is 1. The Balaban J connectivity index is 2.26. The van der Waals surface area contributed by atoms with Crippen molar-refractivity contribution in [1.29, 1.82) is 0 Å². The third-order valence-electron chi connectivity index (χ3n) is 3.58. The van der Waals surface area contributed by atoms with Crippen molar-refractivity contribution in [3.8, 4) is 11.8 Å². The van der Waals surface area contributed by atoms with Crippen molar-refractivity contribution in [3.63, 3.8) is 0 Å². The lowest BCUT2D eigenvalue weighted by molar-refractivity contribution is 0.155. The Morgan fingerprint density at radius 3 is 2.62 bits per heavy atom. The highest BCUT2D eigenvalue weighted by Gasteiger charge is 2.32. The van der Waals surface area contributed by atoms with Gasteiger partial charge in [0.25, 0.3) is 0 Å². The highest BCUT2D eigenvalue weighted by Crippen LogP contribution is 2.25. The van der Waals surface area contributed by atoms with Crippen LogP contribution in [0.2, 0.25) is 0 Å². The van der Waals surface area contributed by atoms with Crippen LogP contribution in [0.15, 0.2) is 29.2 Å². The number of hydrogen-bond acceptors (Lipinski definition) is 4. The first-order valence-electron chi connectivity index (χ1n) is 7.01. The van der Waals surface area contributed by atoms with Crippen molar-refractivity contribution in [2.24, 2.45) is 5.73 Å². The Bertz CT molecular complexity index is 629. The minimum absolute atomic E-state index is 0.140. The van der Waals surface area contributed by atoms with Crippen LogP contribution in [0.25, 0.3) is 0 Å². The number of piperidine rings is 1. The maximum absolute atomic E-state index is 12.6. The molecule has 0 aliphatic carbocycles. The Morgan fingerprint density at radius 1 is 1.29 bits per heavy atom. The van der Waals surface area contributed by atoms with Gasteiger partial charge < -0.3 is 10.8 Å². The first-order chi connectivity index (χ1) is 10.1. The fourth-order valence-electron chi connectivity index (χ4n) is 2.47. The van der Waals surface area contributed by atoms with Gasteiger partial charge in [0.1, 0.15) is 0 Å². The summed E-state index contributed by atoms with van der Waals surface area (Å²) in [5, 5.41) is 9.38. The molecule has 5 nitrogen and oxygen atoms in total. The molecular formula is C15H20N2O3S. The predicted octanol–water partition coefficient (Wildman–Crippen LogP) is 0.532. The number of nitrogens with zero attached hydrogens (tertiary/aromatic N) is 1. The molecule has 114 valence electrons. The summed E-state index contributed by atoms with van der Waals surface area (Å²) in [5.74, 6) is 5.59. The van der Waals surface area contributed by atoms with Gasteiger partial charge in [0.05, 0.1) is 18.0 Å². The van der Waals surface area contributed by atoms with Crippen LogP contribution in [-0.2, 0) is 10.0 Å². The van der Waals surface area contributed by atoms with Crippen molar-refractivity contribution in [2.45, 2.75) is 30.2 Å². The number of rotatable bonds is 3. The van der Waals surface area contributed by atoms with Gasteiger partial charge in [-0.1, -0.05) is 18.3 Å². The molecule has 21 heavy (non-hydrogen) atoms. The van der Waals surface area contributed by atoms with Crippen molar-refractivity contribution >= 4 is 10.0 Å². The van der Waals surface area contributed by atoms with Gasteiger partial charge >= 0.3 is 0 Å². The molecule has 1 heterocycles. The largest absolute Gasteiger partial charge is 0.395 e. The zero-order chi connectivity index (χ0) is 15.3. The first kappa shape index (κ1) is 16.0. The van der Waals surface area contributed by atoms with E-state index in [1.54, 1.807) is 24.3 Å². The highest BCUT2D eigenvalue weighted by molar-refractivity contribution is 7.89. The third-order valence-corrected chi connectivity index (χ3v) is 5.55. The van der Waals surface area contributed by atoms with Crippen molar-refractivity contribution in [3.05, 3.63) is 29.8 Å². The van der Waals surface area contributed by atoms with Gasteiger partial charge in [0.15, 0.2) is 0 Å². The van der Waals surface area contributed by atoms with Crippen LogP contribution >= 0.6 is 0 Å². The van der Waals surface area contributed by atoms with Gasteiger partial charge in [-0.2, -0.15) is 4.31 Å². The van der Waals surface area contributed by atoms with Crippen LogP contribution in [0.5, 0.6) is 0 Å². The molecule has 6 heteroatoms. The monoisotopic (exact) mass is 308 g/mol. The molecule has 0 amide bonds. The summed E-state index contributed by atoms with van der Waals surface area (Å²) in [6, 6.07) is 6.14. The number of hydrogen-bond donors (Lipinski definition) is 2. The molecule has 0 saturated carbocycles. The van der Waals surface area contributed by atoms with Gasteiger partial charge in [0, 0.05) is 18.2 Å². The standard InChI is InChI=1S/C15H20N2O3S/c16-10-3-4-13-6-8-15(9-7-13)21(19,20)17-11-2-1-5-14(17)12-18/h6-9,14,18H,1-2,5,10-12,16H2. The molecule has 1 unspecified atom stereocenters. The lowest BCUT2D eigenvalue weighted by Gasteiger charge is -2.33. The van der Waals surface area contributed by atoms with E-state index in [1.807, 2.05) is 0 Å². The lowest BCUT2D eigenvalue weighted by atomic mass is 10.1. The summed E-state index contributed by atoms with van der Waals surface area (Å²) in [7, 11) is -3.56. The van der Waals surface area contributed by atoms with Crippen LogP contribution in [0.3, 0.4) is 0 Å². The molecule has 1 atom stereocenters. The molecule has 1 aromatic rings. The van der Waals surface area contributed by atoms with E-state index in [0.29, 0.717) is 13.0 Å². The third kappa shape index (κ3) is 3.63. The van der Waals surface area contributed by atoms with E-state index in [2.05, 4.69) is 11.8 Å². The molecule has 1 aliphatic heterocycles. The Kier molecular flexibility index (Phi) is 5.37. The average molecular weight is 308 g/mol. The van der Waals surface area contributed by atoms with E-state index in [1.165, 1.54) is 4.31 Å². The van der Waals surface area contributed by atoms with Gasteiger partial charge in [-0.25, -0.2) is 8.42 Å². The molecule has 0 aromatic heterocycles. The van der Waals surface area contributed by atoms with Crippen molar-refractivity contribution in [1.82, 2.24) is 4.31 Å². The SMILES string of the molecule is NCC#Cc1ccc(S(=O)(=O)N2CCCCC2CO)cc1. The lowest BCUT2D eigenvalue weighted by Crippen LogP contribution is -2.45. The number of sulfonamides is 1. The fourth-order valence-corrected chi connectivity index (χ4v) is 4.16. The Morgan fingerprint density at radius 2 is 2.00 bits per heavy atom. The first-order valence-corrected chi connectivity index (χ1v) is 8.45. The average Bonchev–Trinajstić information content (AvgIpc) is 2.53. The summed E-state index contributed by atoms with van der Waals surface area (Å²) in [4.78, 5) is 0.237. The van der Waals surface area contributed by atoms with Gasteiger partial charge in [0.2, 0.25) is 10.0 Å². The summed E-state index contributed by atoms with van der Waals surface area (Å²) in [6.45, 7) is 0.591. The van der Waals surface area contributed by atoms with E-state index in [9.17, 15) is 13.5 Å². The normalized spacial score (nSPS) is 19.8. The van der Waals surface area contributed by atoms with Crippen molar-refractivity contribution < 1.29 is 13.5 Å². The van der Waals surface area contributed by atoms with Gasteiger partial charge in [-0.3, -0.25) is 0 Å². The molecule has 3 N–H and O–H groups in total. The smallest absolute Gasteiger partial charge is 0.243 e. The van der Waals surface area contributed by atoms with Gasteiger partial charge in [-0.15, -0.1) is 0 Å². The summed E-state index contributed by atoms with van der Waals surface area (Å²) in [6.07, 6.45) is 2.48. The van der Waals surface area contributed by atoms with Crippen molar-refractivity contribution in [2.75, 3.05) is 19.7 Å². The second kappa shape index (κ2) is 7.05. The Labute approximate surface area is 125 Å². The van der Waals surface area contributed by atoms with E-state index < -0.39 is 10.0 Å². The summed E-state index contributed by atoms with van der Waals surface area (Å²) in [5.41, 5.74) is 6.04. The maximum Gasteiger partial charge on any atom is 0.243 e. The van der Waals surface area contributed by atoms with Crippen LogP contribution in [-0.4, -0.2) is 43.6 Å². The topological polar surface area (TPSA) is 83.6 Å². The maximum atomic E-state index is 12.6. The fraction of sp³-hybridized carbons (Fsp3) is 0.467. The molecule has 1 saturated heterocycles. The van der Waals surface area contributed by atoms with Gasteiger partial charge in [-0.05, 0) is 37.1 Å². The van der Waals surface area contributed by atoms with Crippen LogP contribution in [0, 0.1) is 11.8 Å².